The first-order chi connectivity index (χ1) is 7.33. The van der Waals surface area contributed by atoms with Crippen LogP contribution in [0.2, 0.25) is 13.1 Å². The van der Waals surface area contributed by atoms with E-state index in [-0.39, 0.29) is 18.1 Å². The van der Waals surface area contributed by atoms with Gasteiger partial charge < -0.3 is 8.85 Å². The van der Waals surface area contributed by atoms with Crippen molar-refractivity contribution in [1.82, 2.24) is 0 Å². The van der Waals surface area contributed by atoms with E-state index in [1.54, 1.807) is 13.1 Å². The van der Waals surface area contributed by atoms with Gasteiger partial charge in [0.1, 0.15) is 25.3 Å². The summed E-state index contributed by atoms with van der Waals surface area (Å²) in [6.45, 7) is 3.55. The summed E-state index contributed by atoms with van der Waals surface area (Å²) >= 11 is 0. The van der Waals surface area contributed by atoms with E-state index in [1.807, 2.05) is 0 Å². The highest BCUT2D eigenvalue weighted by atomic mass is 32.2. The van der Waals surface area contributed by atoms with E-state index in [4.69, 9.17) is 8.85 Å². The van der Waals surface area contributed by atoms with Gasteiger partial charge in [-0.15, -0.1) is 0 Å². The number of hydrogen-bond donors (Lipinski definition) is 0. The molecule has 0 aliphatic carbocycles. The maximum atomic E-state index is 11.4. The van der Waals surface area contributed by atoms with Gasteiger partial charge in [-0.05, 0) is 13.1 Å². The monoisotopic (exact) mass is 302 g/mol. The van der Waals surface area contributed by atoms with E-state index in [9.17, 15) is 16.8 Å². The van der Waals surface area contributed by atoms with Crippen LogP contribution in [0.25, 0.3) is 0 Å². The molecule has 6 nitrogen and oxygen atoms in total. The van der Waals surface area contributed by atoms with Crippen LogP contribution in [0.4, 0.5) is 0 Å². The third kappa shape index (κ3) is 5.04. The van der Waals surface area contributed by atoms with Crippen LogP contribution in [0.1, 0.15) is 0 Å². The average molecular weight is 302 g/mol. The fourth-order valence-electron chi connectivity index (χ4n) is 2.03. The first-order valence-electron chi connectivity index (χ1n) is 5.02. The van der Waals surface area contributed by atoms with Crippen LogP contribution >= 0.6 is 0 Å². The molecule has 0 radical (unpaired) electrons. The van der Waals surface area contributed by atoms with Gasteiger partial charge in [0.15, 0.2) is 0 Å². The molecule has 0 spiro atoms. The molecule has 1 heterocycles. The van der Waals surface area contributed by atoms with E-state index in [0.29, 0.717) is 0 Å². The van der Waals surface area contributed by atoms with Crippen LogP contribution in [0, 0.1) is 0 Å². The second kappa shape index (κ2) is 4.30. The SMILES string of the molecule is C[Si]1(C)OCC(CS(C)(=O)=O)(CS(C)(=O)=O)O1. The molecule has 1 aliphatic heterocycles. The smallest absolute Gasteiger partial charge is 0.332 e. The van der Waals surface area contributed by atoms with Gasteiger partial charge in [0.2, 0.25) is 0 Å². The Morgan fingerprint density at radius 3 is 1.71 bits per heavy atom. The minimum Gasteiger partial charge on any atom is -0.391 e. The van der Waals surface area contributed by atoms with Crippen molar-refractivity contribution in [2.24, 2.45) is 0 Å². The summed E-state index contributed by atoms with van der Waals surface area (Å²) in [5, 5.41) is 0. The third-order valence-electron chi connectivity index (χ3n) is 2.20. The zero-order valence-corrected chi connectivity index (χ0v) is 13.0. The Morgan fingerprint density at radius 2 is 1.47 bits per heavy atom. The molecule has 17 heavy (non-hydrogen) atoms. The summed E-state index contributed by atoms with van der Waals surface area (Å²) in [7, 11) is -9.08. The van der Waals surface area contributed by atoms with Crippen LogP contribution in [-0.4, -0.2) is 61.6 Å². The molecule has 0 bridgehead atoms. The van der Waals surface area contributed by atoms with E-state index in [0.717, 1.165) is 12.5 Å². The molecule has 1 fully saturated rings. The molecule has 0 aromatic rings. The third-order valence-corrected chi connectivity index (χ3v) is 6.06. The second-order valence-electron chi connectivity index (χ2n) is 5.11. The van der Waals surface area contributed by atoms with E-state index in [1.165, 1.54) is 0 Å². The van der Waals surface area contributed by atoms with E-state index in [2.05, 4.69) is 0 Å². The number of sulfone groups is 2. The molecule has 0 aromatic carbocycles. The molecule has 1 rings (SSSR count). The highest BCUT2D eigenvalue weighted by Crippen LogP contribution is 2.30. The molecule has 0 atom stereocenters. The maximum absolute atomic E-state index is 11.4. The van der Waals surface area contributed by atoms with Gasteiger partial charge in [-0.3, -0.25) is 0 Å². The molecule has 102 valence electrons. The molecule has 1 aliphatic rings. The first kappa shape index (κ1) is 15.1. The predicted molar refractivity (Wildman–Crippen MR) is 66.7 cm³/mol. The minimum absolute atomic E-state index is 0.0202. The molecular formula is C8H18O6S2Si. The predicted octanol–water partition coefficient (Wildman–Crippen LogP) is -0.437. The maximum Gasteiger partial charge on any atom is 0.332 e. The standard InChI is InChI=1S/C8H18O6S2Si/c1-15(9,10)6-8(7-16(2,11)12)5-13-17(3,4)14-8/h5-7H2,1-4H3. The summed E-state index contributed by atoms with van der Waals surface area (Å²) < 4.78 is 56.6. The van der Waals surface area contributed by atoms with Crippen molar-refractivity contribution in [2.75, 3.05) is 30.6 Å². The molecule has 0 amide bonds. The Balaban J connectivity index is 3.04. The minimum atomic E-state index is -3.34. The van der Waals surface area contributed by atoms with Gasteiger partial charge in [-0.25, -0.2) is 16.8 Å². The van der Waals surface area contributed by atoms with Gasteiger partial charge in [0, 0.05) is 12.5 Å². The van der Waals surface area contributed by atoms with Crippen molar-refractivity contribution in [3.63, 3.8) is 0 Å². The highest BCUT2D eigenvalue weighted by Gasteiger charge is 2.50. The number of rotatable bonds is 4. The summed E-state index contributed by atoms with van der Waals surface area (Å²) in [6, 6.07) is 0. The van der Waals surface area contributed by atoms with Crippen molar-refractivity contribution in [2.45, 2.75) is 18.7 Å². The summed E-state index contributed by atoms with van der Waals surface area (Å²) in [5.74, 6) is -0.660. The summed E-state index contributed by atoms with van der Waals surface area (Å²) in [4.78, 5) is 0. The molecular weight excluding hydrogens is 284 g/mol. The quantitative estimate of drug-likeness (QED) is 0.655. The lowest BCUT2D eigenvalue weighted by molar-refractivity contribution is 0.139. The fourth-order valence-corrected chi connectivity index (χ4v) is 6.68. The summed E-state index contributed by atoms with van der Waals surface area (Å²) in [5.41, 5.74) is -1.24. The molecule has 1 saturated heterocycles. The van der Waals surface area contributed by atoms with E-state index >= 15 is 0 Å². The van der Waals surface area contributed by atoms with Crippen LogP contribution < -0.4 is 0 Å². The lowest BCUT2D eigenvalue weighted by Crippen LogP contribution is -2.47. The van der Waals surface area contributed by atoms with Crippen molar-refractivity contribution in [1.29, 1.82) is 0 Å². The molecule has 0 N–H and O–H groups in total. The number of hydrogen-bond acceptors (Lipinski definition) is 6. The Kier molecular flexibility index (Phi) is 3.82. The topological polar surface area (TPSA) is 86.7 Å². The van der Waals surface area contributed by atoms with Gasteiger partial charge in [-0.1, -0.05) is 0 Å². The highest BCUT2D eigenvalue weighted by molar-refractivity contribution is 7.91. The Hall–Kier alpha value is 0.0369. The van der Waals surface area contributed by atoms with Crippen LogP contribution in [-0.2, 0) is 28.5 Å². The van der Waals surface area contributed by atoms with Crippen molar-refractivity contribution in [3.05, 3.63) is 0 Å². The van der Waals surface area contributed by atoms with Gasteiger partial charge >= 0.3 is 8.56 Å². The lowest BCUT2D eigenvalue weighted by Gasteiger charge is -2.27. The molecule has 9 heteroatoms. The van der Waals surface area contributed by atoms with Crippen molar-refractivity contribution < 1.29 is 25.7 Å². The Morgan fingerprint density at radius 1 is 1.06 bits per heavy atom. The second-order valence-corrected chi connectivity index (χ2v) is 12.7. The normalized spacial score (nSPS) is 23.8. The average Bonchev–Trinajstić information content (AvgIpc) is 2.17. The lowest BCUT2D eigenvalue weighted by atomic mass is 10.1. The molecule has 0 saturated carbocycles. The van der Waals surface area contributed by atoms with Crippen LogP contribution in [0.15, 0.2) is 0 Å². The first-order valence-corrected chi connectivity index (χ1v) is 12.0. The zero-order chi connectivity index (χ0) is 13.5. The van der Waals surface area contributed by atoms with Crippen molar-refractivity contribution >= 4 is 28.2 Å². The zero-order valence-electron chi connectivity index (χ0n) is 10.4. The Labute approximate surface area is 103 Å². The van der Waals surface area contributed by atoms with Crippen molar-refractivity contribution in [3.8, 4) is 0 Å². The molecule has 0 aromatic heterocycles. The van der Waals surface area contributed by atoms with E-state index < -0.39 is 33.8 Å². The molecule has 0 unspecified atom stereocenters. The van der Waals surface area contributed by atoms with Gasteiger partial charge in [0.25, 0.3) is 0 Å². The largest absolute Gasteiger partial charge is 0.391 e. The van der Waals surface area contributed by atoms with Gasteiger partial charge in [-0.2, -0.15) is 0 Å². The van der Waals surface area contributed by atoms with Crippen LogP contribution in [0.3, 0.4) is 0 Å². The Bertz CT molecular complexity index is 458. The fraction of sp³-hybridized carbons (Fsp3) is 1.00. The summed E-state index contributed by atoms with van der Waals surface area (Å²) in [6.07, 6.45) is 2.13. The van der Waals surface area contributed by atoms with Gasteiger partial charge in [0.05, 0.1) is 18.1 Å². The van der Waals surface area contributed by atoms with Crippen LogP contribution in [0.5, 0.6) is 0 Å².